The second kappa shape index (κ2) is 14.1. The summed E-state index contributed by atoms with van der Waals surface area (Å²) in [5, 5.41) is 4.07. The highest BCUT2D eigenvalue weighted by Crippen LogP contribution is 2.30. The smallest absolute Gasteiger partial charge is 0.264 e. The molecule has 7 nitrogen and oxygen atoms in total. The molecule has 3 aromatic rings. The molecule has 11 heteroatoms. The number of amides is 2. The minimum atomic E-state index is -4.23. The number of hydrogen-bond acceptors (Lipinski definition) is 4. The summed E-state index contributed by atoms with van der Waals surface area (Å²) >= 11 is 18.6. The molecule has 1 saturated carbocycles. The Bertz CT molecular complexity index is 1490. The Morgan fingerprint density at radius 3 is 2.07 bits per heavy atom. The van der Waals surface area contributed by atoms with E-state index in [0.29, 0.717) is 11.4 Å². The Kier molecular flexibility index (Phi) is 10.8. The number of nitrogens with zero attached hydrogens (tertiary/aromatic N) is 2. The van der Waals surface area contributed by atoms with Crippen molar-refractivity contribution in [2.75, 3.05) is 10.8 Å². The van der Waals surface area contributed by atoms with Crippen LogP contribution in [0.2, 0.25) is 15.1 Å². The number of halogens is 3. The summed E-state index contributed by atoms with van der Waals surface area (Å²) in [6.45, 7) is 3.19. The largest absolute Gasteiger partial charge is 0.352 e. The number of rotatable bonds is 11. The van der Waals surface area contributed by atoms with Gasteiger partial charge >= 0.3 is 0 Å². The van der Waals surface area contributed by atoms with Gasteiger partial charge in [-0.2, -0.15) is 0 Å². The van der Waals surface area contributed by atoms with Crippen LogP contribution < -0.4 is 9.62 Å². The van der Waals surface area contributed by atoms with Gasteiger partial charge in [0.2, 0.25) is 11.8 Å². The van der Waals surface area contributed by atoms with Crippen LogP contribution in [-0.2, 0) is 26.2 Å². The average Bonchev–Trinajstić information content (AvgIpc) is 3.45. The van der Waals surface area contributed by atoms with Gasteiger partial charge in [-0.25, -0.2) is 8.42 Å². The molecule has 0 aliphatic heterocycles. The molecule has 1 fully saturated rings. The van der Waals surface area contributed by atoms with Crippen LogP contribution in [0.15, 0.2) is 71.6 Å². The summed E-state index contributed by atoms with van der Waals surface area (Å²) in [6.07, 6.45) is 4.22. The number of aryl methyl sites for hydroxylation is 1. The maximum atomic E-state index is 14.2. The lowest BCUT2D eigenvalue weighted by Gasteiger charge is -2.34. The number of anilines is 1. The van der Waals surface area contributed by atoms with Gasteiger partial charge in [0, 0.05) is 27.7 Å². The Morgan fingerprint density at radius 2 is 1.50 bits per heavy atom. The zero-order valence-electron chi connectivity index (χ0n) is 23.5. The summed E-state index contributed by atoms with van der Waals surface area (Å²) in [4.78, 5) is 29.2. The van der Waals surface area contributed by atoms with Gasteiger partial charge in [-0.1, -0.05) is 84.4 Å². The molecule has 0 heterocycles. The predicted octanol–water partition coefficient (Wildman–Crippen LogP) is 7.02. The van der Waals surface area contributed by atoms with E-state index in [2.05, 4.69) is 5.32 Å². The molecule has 4 rings (SSSR count). The first-order valence-electron chi connectivity index (χ1n) is 13.9. The van der Waals surface area contributed by atoms with E-state index in [1.807, 2.05) is 13.8 Å². The van der Waals surface area contributed by atoms with Crippen LogP contribution in [0.5, 0.6) is 0 Å². The van der Waals surface area contributed by atoms with Crippen LogP contribution in [-0.4, -0.2) is 43.8 Å². The summed E-state index contributed by atoms with van der Waals surface area (Å²) < 4.78 is 29.0. The van der Waals surface area contributed by atoms with Crippen molar-refractivity contribution in [1.82, 2.24) is 10.2 Å². The van der Waals surface area contributed by atoms with E-state index in [9.17, 15) is 18.0 Å². The fraction of sp³-hybridized carbons (Fsp3) is 0.355. The van der Waals surface area contributed by atoms with Crippen LogP contribution in [0.1, 0.15) is 50.2 Å². The summed E-state index contributed by atoms with van der Waals surface area (Å²) in [5.74, 6) is -0.810. The second-order valence-corrected chi connectivity index (χ2v) is 13.7. The van der Waals surface area contributed by atoms with Gasteiger partial charge in [0.15, 0.2) is 0 Å². The van der Waals surface area contributed by atoms with Gasteiger partial charge in [-0.15, -0.1) is 0 Å². The van der Waals surface area contributed by atoms with Gasteiger partial charge in [0.25, 0.3) is 10.0 Å². The standard InChI is InChI=1S/C31H34Cl3N3O4S/c1-3-29(31(39)35-26-6-4-5-7-26)36(19-22-10-12-23(32)13-11-22)30(38)20-37(27-17-24(33)16-25(34)18-27)42(40,41)28-14-8-21(2)9-15-28/h8-18,26,29H,3-7,19-20H2,1-2H3,(H,35,39)/t29-/m0/s1. The highest BCUT2D eigenvalue weighted by Gasteiger charge is 2.34. The van der Waals surface area contributed by atoms with Crippen molar-refractivity contribution in [2.45, 2.75) is 69.5 Å². The van der Waals surface area contributed by atoms with Crippen LogP contribution in [0.25, 0.3) is 0 Å². The molecule has 1 N–H and O–H groups in total. The lowest BCUT2D eigenvalue weighted by Crippen LogP contribution is -2.53. The molecular formula is C31H34Cl3N3O4S. The van der Waals surface area contributed by atoms with Crippen LogP contribution in [0.3, 0.4) is 0 Å². The highest BCUT2D eigenvalue weighted by molar-refractivity contribution is 7.92. The van der Waals surface area contributed by atoms with Gasteiger partial charge in [0.1, 0.15) is 12.6 Å². The number of carbonyl (C=O) groups excluding carboxylic acids is 2. The fourth-order valence-electron chi connectivity index (χ4n) is 5.12. The molecule has 0 saturated heterocycles. The van der Waals surface area contributed by atoms with E-state index in [1.165, 1.54) is 35.2 Å². The van der Waals surface area contributed by atoms with Crippen molar-refractivity contribution in [1.29, 1.82) is 0 Å². The lowest BCUT2D eigenvalue weighted by atomic mass is 10.1. The number of nitrogens with one attached hydrogen (secondary N) is 1. The maximum Gasteiger partial charge on any atom is 0.264 e. The van der Waals surface area contributed by atoms with E-state index < -0.39 is 28.5 Å². The normalized spacial score (nSPS) is 14.4. The third kappa shape index (κ3) is 7.98. The van der Waals surface area contributed by atoms with E-state index >= 15 is 0 Å². The van der Waals surface area contributed by atoms with E-state index in [4.69, 9.17) is 34.8 Å². The molecule has 0 radical (unpaired) electrons. The van der Waals surface area contributed by atoms with Gasteiger partial charge in [0.05, 0.1) is 10.6 Å². The van der Waals surface area contributed by atoms with Crippen molar-refractivity contribution in [3.05, 3.63) is 92.9 Å². The SMILES string of the molecule is CC[C@@H](C(=O)NC1CCCC1)N(Cc1ccc(Cl)cc1)C(=O)CN(c1cc(Cl)cc(Cl)c1)S(=O)(=O)c1ccc(C)cc1. The molecule has 1 aliphatic rings. The molecule has 0 unspecified atom stereocenters. The molecular weight excluding hydrogens is 617 g/mol. The minimum absolute atomic E-state index is 0.00673. The Balaban J connectivity index is 1.73. The van der Waals surface area contributed by atoms with E-state index in [1.54, 1.807) is 36.4 Å². The maximum absolute atomic E-state index is 14.2. The Labute approximate surface area is 262 Å². The first kappa shape index (κ1) is 32.1. The van der Waals surface area contributed by atoms with Crippen molar-refractivity contribution in [3.8, 4) is 0 Å². The quantitative estimate of drug-likeness (QED) is 0.242. The second-order valence-electron chi connectivity index (χ2n) is 10.5. The molecule has 0 bridgehead atoms. The summed E-state index contributed by atoms with van der Waals surface area (Å²) in [5.41, 5.74) is 1.77. The minimum Gasteiger partial charge on any atom is -0.352 e. The number of sulfonamides is 1. The lowest BCUT2D eigenvalue weighted by molar-refractivity contribution is -0.140. The molecule has 42 heavy (non-hydrogen) atoms. The molecule has 0 aromatic heterocycles. The average molecular weight is 651 g/mol. The van der Waals surface area contributed by atoms with Crippen LogP contribution >= 0.6 is 34.8 Å². The summed E-state index contributed by atoms with van der Waals surface area (Å²) in [7, 11) is -4.23. The van der Waals surface area contributed by atoms with Crippen molar-refractivity contribution >= 4 is 62.3 Å². The van der Waals surface area contributed by atoms with Crippen LogP contribution in [0, 0.1) is 6.92 Å². The molecule has 1 atom stereocenters. The molecule has 1 aliphatic carbocycles. The van der Waals surface area contributed by atoms with Gasteiger partial charge < -0.3 is 10.2 Å². The van der Waals surface area contributed by atoms with Gasteiger partial charge in [-0.3, -0.25) is 13.9 Å². The molecule has 224 valence electrons. The topological polar surface area (TPSA) is 86.8 Å². The molecule has 0 spiro atoms. The van der Waals surface area contributed by atoms with Crippen LogP contribution in [0.4, 0.5) is 5.69 Å². The zero-order chi connectivity index (χ0) is 30.4. The zero-order valence-corrected chi connectivity index (χ0v) is 26.6. The number of benzene rings is 3. The van der Waals surface area contributed by atoms with Crippen molar-refractivity contribution in [3.63, 3.8) is 0 Å². The monoisotopic (exact) mass is 649 g/mol. The number of hydrogen-bond donors (Lipinski definition) is 1. The highest BCUT2D eigenvalue weighted by atomic mass is 35.5. The van der Waals surface area contributed by atoms with Gasteiger partial charge in [-0.05, 0) is 74.2 Å². The third-order valence-corrected chi connectivity index (χ3v) is 9.85. The van der Waals surface area contributed by atoms with E-state index in [-0.39, 0.29) is 39.1 Å². The fourth-order valence-corrected chi connectivity index (χ4v) is 7.16. The molecule has 2 amide bonds. The van der Waals surface area contributed by atoms with E-state index in [0.717, 1.165) is 41.1 Å². The Hall–Kier alpha value is -2.78. The van der Waals surface area contributed by atoms with Crippen molar-refractivity contribution < 1.29 is 18.0 Å². The predicted molar refractivity (Wildman–Crippen MR) is 169 cm³/mol. The van der Waals surface area contributed by atoms with Crippen molar-refractivity contribution in [2.24, 2.45) is 0 Å². The number of carbonyl (C=O) groups is 2. The third-order valence-electron chi connectivity index (χ3n) is 7.38. The Morgan fingerprint density at radius 1 is 0.905 bits per heavy atom. The first-order valence-corrected chi connectivity index (χ1v) is 16.4. The molecule has 3 aromatic carbocycles. The summed E-state index contributed by atoms with van der Waals surface area (Å²) in [6, 6.07) is 16.9. The first-order chi connectivity index (χ1) is 20.0.